The summed E-state index contributed by atoms with van der Waals surface area (Å²) in [5.41, 5.74) is 1.66. The number of halogens is 8. The average Bonchev–Trinajstić information content (AvgIpc) is 2.77. The van der Waals surface area contributed by atoms with E-state index < -0.39 is 24.1 Å². The summed E-state index contributed by atoms with van der Waals surface area (Å²) in [7, 11) is 1.28. The van der Waals surface area contributed by atoms with E-state index in [-0.39, 0.29) is 30.3 Å². The predicted molar refractivity (Wildman–Crippen MR) is 119 cm³/mol. The molecule has 0 radical (unpaired) electrons. The van der Waals surface area contributed by atoms with Crippen LogP contribution in [0.3, 0.4) is 0 Å². The number of hydrogen-bond acceptors (Lipinski definition) is 6. The standard InChI is InChI=1S/C21H18F7IN2O4/c1-3-34-18(32)14-6-4-12(5-7-14)11-35-17-15(29)8-13(9-16(17)33-2)10-30-31-21(27,28)19(22,23)20(24,25)26/h4-10,31H,3,11H2,1-2H3/b30-10-. The summed E-state index contributed by atoms with van der Waals surface area (Å²) in [5.74, 6) is -6.44. The van der Waals surface area contributed by atoms with Crippen LogP contribution in [0, 0.1) is 3.57 Å². The molecular weight excluding hydrogens is 604 g/mol. The first-order valence-corrected chi connectivity index (χ1v) is 10.7. The van der Waals surface area contributed by atoms with Gasteiger partial charge in [-0.3, -0.25) is 0 Å². The molecule has 2 aromatic carbocycles. The van der Waals surface area contributed by atoms with E-state index in [0.29, 0.717) is 26.3 Å². The van der Waals surface area contributed by atoms with E-state index in [0.717, 1.165) is 0 Å². The van der Waals surface area contributed by atoms with Crippen LogP contribution in [-0.2, 0) is 11.3 Å². The van der Waals surface area contributed by atoms with Gasteiger partial charge in [0.15, 0.2) is 11.5 Å². The number of ether oxygens (including phenoxy) is 3. The number of benzene rings is 2. The fourth-order valence-corrected chi connectivity index (χ4v) is 3.28. The van der Waals surface area contributed by atoms with E-state index in [4.69, 9.17) is 14.2 Å². The number of nitrogens with one attached hydrogen (secondary N) is 1. The minimum absolute atomic E-state index is 0.0519. The minimum atomic E-state index is -6.48. The van der Waals surface area contributed by atoms with Crippen molar-refractivity contribution in [1.29, 1.82) is 0 Å². The summed E-state index contributed by atoms with van der Waals surface area (Å²) in [5, 5.41) is 2.83. The van der Waals surface area contributed by atoms with Crippen LogP contribution in [0.5, 0.6) is 11.5 Å². The lowest BCUT2D eigenvalue weighted by Gasteiger charge is -2.27. The van der Waals surface area contributed by atoms with Gasteiger partial charge in [-0.05, 0) is 64.9 Å². The lowest BCUT2D eigenvalue weighted by atomic mass is 10.1. The van der Waals surface area contributed by atoms with E-state index in [1.54, 1.807) is 31.2 Å². The second-order valence-electron chi connectivity index (χ2n) is 6.76. The number of nitrogens with zero attached hydrogens (tertiary/aromatic N) is 1. The van der Waals surface area contributed by atoms with E-state index in [9.17, 15) is 35.5 Å². The van der Waals surface area contributed by atoms with Crippen molar-refractivity contribution >= 4 is 34.8 Å². The predicted octanol–water partition coefficient (Wildman–Crippen LogP) is 5.77. The van der Waals surface area contributed by atoms with Gasteiger partial charge in [0, 0.05) is 0 Å². The monoisotopic (exact) mass is 622 g/mol. The maximum atomic E-state index is 13.3. The van der Waals surface area contributed by atoms with Crippen LogP contribution in [0.2, 0.25) is 0 Å². The summed E-state index contributed by atoms with van der Waals surface area (Å²) < 4.78 is 105. The number of carbonyl (C=O) groups excluding carboxylic acids is 1. The smallest absolute Gasteiger partial charge is 0.462 e. The van der Waals surface area contributed by atoms with Gasteiger partial charge in [0.1, 0.15) is 6.61 Å². The number of alkyl halides is 7. The lowest BCUT2D eigenvalue weighted by molar-refractivity contribution is -0.361. The Balaban J connectivity index is 2.13. The fraction of sp³-hybridized carbons (Fsp3) is 0.333. The summed E-state index contributed by atoms with van der Waals surface area (Å²) in [6.45, 7) is 1.98. The highest BCUT2D eigenvalue weighted by Crippen LogP contribution is 2.45. The van der Waals surface area contributed by atoms with Crippen molar-refractivity contribution < 1.29 is 49.7 Å². The molecule has 0 unspecified atom stereocenters. The largest absolute Gasteiger partial charge is 0.493 e. The van der Waals surface area contributed by atoms with Gasteiger partial charge in [-0.1, -0.05) is 12.1 Å². The van der Waals surface area contributed by atoms with Gasteiger partial charge in [-0.15, -0.1) is 0 Å². The molecule has 0 atom stereocenters. The Morgan fingerprint density at radius 2 is 1.71 bits per heavy atom. The Bertz CT molecular complexity index is 1060. The van der Waals surface area contributed by atoms with Crippen molar-refractivity contribution in [2.45, 2.75) is 31.7 Å². The zero-order chi connectivity index (χ0) is 26.4. The molecule has 192 valence electrons. The molecule has 1 N–H and O–H groups in total. The molecule has 35 heavy (non-hydrogen) atoms. The Hall–Kier alpha value is -2.78. The van der Waals surface area contributed by atoms with Gasteiger partial charge in [-0.25, -0.2) is 10.2 Å². The molecule has 14 heteroatoms. The minimum Gasteiger partial charge on any atom is -0.493 e. The van der Waals surface area contributed by atoms with Crippen LogP contribution in [0.15, 0.2) is 41.5 Å². The Morgan fingerprint density at radius 3 is 2.26 bits per heavy atom. The number of esters is 1. The van der Waals surface area contributed by atoms with Crippen LogP contribution in [0.4, 0.5) is 30.7 Å². The van der Waals surface area contributed by atoms with Crippen molar-refractivity contribution in [3.63, 3.8) is 0 Å². The topological polar surface area (TPSA) is 69.2 Å². The molecule has 0 spiro atoms. The first-order chi connectivity index (χ1) is 16.2. The van der Waals surface area contributed by atoms with Crippen molar-refractivity contribution in [3.8, 4) is 11.5 Å². The van der Waals surface area contributed by atoms with Gasteiger partial charge >= 0.3 is 24.1 Å². The highest BCUT2D eigenvalue weighted by Gasteiger charge is 2.73. The molecule has 0 aliphatic carbocycles. The summed E-state index contributed by atoms with van der Waals surface area (Å²) in [4.78, 5) is 11.7. The lowest BCUT2D eigenvalue weighted by Crippen LogP contribution is -2.58. The zero-order valence-electron chi connectivity index (χ0n) is 18.1. The molecular formula is C21H18F7IN2O4. The molecule has 0 aliphatic rings. The van der Waals surface area contributed by atoms with E-state index in [1.165, 1.54) is 19.2 Å². The Morgan fingerprint density at radius 1 is 1.09 bits per heavy atom. The van der Waals surface area contributed by atoms with Crippen LogP contribution in [0.1, 0.15) is 28.4 Å². The number of hydrazone groups is 1. The van der Waals surface area contributed by atoms with Crippen molar-refractivity contribution in [2.24, 2.45) is 5.10 Å². The maximum absolute atomic E-state index is 13.3. The molecule has 0 bridgehead atoms. The van der Waals surface area contributed by atoms with Crippen molar-refractivity contribution in [3.05, 3.63) is 56.7 Å². The van der Waals surface area contributed by atoms with Gasteiger partial charge in [-0.2, -0.15) is 35.8 Å². The van der Waals surface area contributed by atoms with Crippen LogP contribution < -0.4 is 14.9 Å². The number of rotatable bonds is 10. The van der Waals surface area contributed by atoms with Crippen molar-refractivity contribution in [1.82, 2.24) is 5.43 Å². The SMILES string of the molecule is CCOC(=O)c1ccc(COc2c(I)cc(/C=N\NC(F)(F)C(F)(F)C(F)(F)F)cc2OC)cc1. The molecule has 0 fully saturated rings. The van der Waals surface area contributed by atoms with Gasteiger partial charge in [0.25, 0.3) is 0 Å². The third-order valence-corrected chi connectivity index (χ3v) is 5.07. The second kappa shape index (κ2) is 11.3. The van der Waals surface area contributed by atoms with Gasteiger partial charge in [0.05, 0.1) is 29.1 Å². The highest BCUT2D eigenvalue weighted by molar-refractivity contribution is 14.1. The quantitative estimate of drug-likeness (QED) is 0.0911. The van der Waals surface area contributed by atoms with Gasteiger partial charge < -0.3 is 14.2 Å². The molecule has 0 saturated carbocycles. The molecule has 0 aliphatic heterocycles. The molecule has 6 nitrogen and oxygen atoms in total. The second-order valence-corrected chi connectivity index (χ2v) is 7.92. The van der Waals surface area contributed by atoms with Gasteiger partial charge in [0.2, 0.25) is 0 Å². The molecule has 0 aromatic heterocycles. The number of carbonyl (C=O) groups is 1. The summed E-state index contributed by atoms with van der Waals surface area (Å²) in [6.07, 6.45) is -5.85. The third kappa shape index (κ3) is 6.89. The first kappa shape index (κ1) is 28.5. The molecule has 0 saturated heterocycles. The summed E-state index contributed by atoms with van der Waals surface area (Å²) >= 11 is 1.83. The normalized spacial score (nSPS) is 12.5. The maximum Gasteiger partial charge on any atom is 0.462 e. The zero-order valence-corrected chi connectivity index (χ0v) is 20.2. The highest BCUT2D eigenvalue weighted by atomic mass is 127. The average molecular weight is 622 g/mol. The fourth-order valence-electron chi connectivity index (χ4n) is 2.50. The third-order valence-electron chi connectivity index (χ3n) is 4.27. The van der Waals surface area contributed by atoms with E-state index in [2.05, 4.69) is 5.10 Å². The van der Waals surface area contributed by atoms with E-state index in [1.807, 2.05) is 22.6 Å². The van der Waals surface area contributed by atoms with Crippen LogP contribution >= 0.6 is 22.6 Å². The molecule has 0 amide bonds. The van der Waals surface area contributed by atoms with E-state index >= 15 is 0 Å². The summed E-state index contributed by atoms with van der Waals surface area (Å²) in [6, 6.07) is 3.35. The van der Waals surface area contributed by atoms with Crippen LogP contribution in [0.25, 0.3) is 0 Å². The van der Waals surface area contributed by atoms with Crippen LogP contribution in [-0.4, -0.2) is 44.0 Å². The van der Waals surface area contributed by atoms with Crippen molar-refractivity contribution in [2.75, 3.05) is 13.7 Å². The number of hydrogen-bond donors (Lipinski definition) is 1. The molecule has 0 heterocycles. The molecule has 2 rings (SSSR count). The Labute approximate surface area is 208 Å². The number of methoxy groups -OCH3 is 1. The molecule has 2 aromatic rings. The Kier molecular flexibility index (Phi) is 9.19. The first-order valence-electron chi connectivity index (χ1n) is 9.62.